The summed E-state index contributed by atoms with van der Waals surface area (Å²) in [4.78, 5) is 22.2. The molecule has 0 amide bonds. The zero-order chi connectivity index (χ0) is 26.2. The molecule has 6 rings (SSSR count). The maximum atomic E-state index is 5.54. The molecule has 10 nitrogen and oxygen atoms in total. The molecule has 0 aliphatic carbocycles. The average molecular weight is 574 g/mol. The maximum Gasteiger partial charge on any atom is 0.225 e. The largest absolute Gasteiger partial charge is 0.497 e. The Morgan fingerprint density at radius 1 is 1.08 bits per heavy atom. The summed E-state index contributed by atoms with van der Waals surface area (Å²) in [6, 6.07) is 12.8. The minimum absolute atomic E-state index is 0.309. The van der Waals surface area contributed by atoms with Gasteiger partial charge in [0, 0.05) is 56.1 Å². The van der Waals surface area contributed by atoms with Crippen LogP contribution in [-0.2, 0) is 0 Å². The predicted molar refractivity (Wildman–Crippen MR) is 154 cm³/mol. The van der Waals surface area contributed by atoms with E-state index in [4.69, 9.17) is 9.72 Å². The van der Waals surface area contributed by atoms with E-state index >= 15 is 0 Å². The minimum atomic E-state index is 0.309. The van der Waals surface area contributed by atoms with Crippen LogP contribution in [0.4, 0.5) is 17.5 Å². The number of fused-ring (bicyclic) bond motifs is 2. The number of halogens is 1. The Kier molecular flexibility index (Phi) is 6.44. The molecule has 11 heteroatoms. The number of methoxy groups -OCH3 is 1. The van der Waals surface area contributed by atoms with E-state index in [2.05, 4.69) is 75.6 Å². The highest BCUT2D eigenvalue weighted by atomic mass is 79.9. The number of piperidine rings is 1. The van der Waals surface area contributed by atoms with Crippen molar-refractivity contribution in [1.29, 1.82) is 0 Å². The first-order valence-electron chi connectivity index (χ1n) is 12.5. The second-order valence-corrected chi connectivity index (χ2v) is 10.4. The monoisotopic (exact) mass is 573 g/mol. The Balaban J connectivity index is 1.29. The van der Waals surface area contributed by atoms with Crippen LogP contribution in [0.2, 0.25) is 0 Å². The van der Waals surface area contributed by atoms with Crippen molar-refractivity contribution in [3.63, 3.8) is 0 Å². The van der Waals surface area contributed by atoms with Crippen LogP contribution >= 0.6 is 15.9 Å². The zero-order valence-electron chi connectivity index (χ0n) is 21.4. The molecule has 2 aromatic carbocycles. The van der Waals surface area contributed by atoms with Crippen LogP contribution in [0.5, 0.6) is 5.75 Å². The van der Waals surface area contributed by atoms with Crippen molar-refractivity contribution in [3.05, 3.63) is 53.5 Å². The summed E-state index contributed by atoms with van der Waals surface area (Å²) in [6.45, 7) is 1.75. The highest BCUT2D eigenvalue weighted by Crippen LogP contribution is 2.35. The lowest BCUT2D eigenvalue weighted by molar-refractivity contribution is 0.415. The Hall–Kier alpha value is -3.99. The Labute approximate surface area is 228 Å². The normalized spacial score (nSPS) is 14.3. The lowest BCUT2D eigenvalue weighted by Crippen LogP contribution is -2.39. The summed E-state index contributed by atoms with van der Waals surface area (Å²) in [5.74, 6) is 2.42. The van der Waals surface area contributed by atoms with Gasteiger partial charge in [0.15, 0.2) is 5.65 Å². The quantitative estimate of drug-likeness (QED) is 0.293. The molecule has 5 aromatic rings. The average Bonchev–Trinajstić information content (AvgIpc) is 3.34. The fourth-order valence-corrected chi connectivity index (χ4v) is 5.40. The summed E-state index contributed by atoms with van der Waals surface area (Å²) in [6.07, 6.45) is 5.32. The second kappa shape index (κ2) is 10.1. The van der Waals surface area contributed by atoms with E-state index in [1.54, 1.807) is 19.6 Å². The standard InChI is InChI=1S/C27H28BrN9O/c1-36(2)27-29-9-6-21(33-27)17-12-16-4-5-19(38-3)14-20(16)22(13-17)32-18-7-10-37(11-8-18)26-23-24(28)34-35-25(23)30-15-31-26/h4-6,9,12-15,18,32H,7-8,10-11H2,1-3H3,(H,30,31,34,35). The number of hydrogen-bond donors (Lipinski definition) is 2. The number of nitrogens with zero attached hydrogens (tertiary/aromatic N) is 7. The van der Waals surface area contributed by atoms with Crippen molar-refractivity contribution in [2.45, 2.75) is 18.9 Å². The maximum absolute atomic E-state index is 5.54. The molecule has 0 unspecified atom stereocenters. The van der Waals surface area contributed by atoms with Crippen molar-refractivity contribution in [2.75, 3.05) is 49.4 Å². The van der Waals surface area contributed by atoms with Crippen molar-refractivity contribution < 1.29 is 4.74 Å². The molecule has 0 atom stereocenters. The molecule has 3 aromatic heterocycles. The van der Waals surface area contributed by atoms with Crippen molar-refractivity contribution in [1.82, 2.24) is 30.1 Å². The molecule has 1 saturated heterocycles. The van der Waals surface area contributed by atoms with Crippen LogP contribution in [0.15, 0.2) is 53.5 Å². The van der Waals surface area contributed by atoms with Crippen molar-refractivity contribution in [3.8, 4) is 17.0 Å². The lowest BCUT2D eigenvalue weighted by Gasteiger charge is -2.34. The Morgan fingerprint density at radius 3 is 2.71 bits per heavy atom. The highest BCUT2D eigenvalue weighted by molar-refractivity contribution is 9.10. The Morgan fingerprint density at radius 2 is 1.92 bits per heavy atom. The van der Waals surface area contributed by atoms with E-state index in [0.717, 1.165) is 75.2 Å². The van der Waals surface area contributed by atoms with E-state index in [9.17, 15) is 0 Å². The van der Waals surface area contributed by atoms with E-state index in [1.165, 1.54) is 0 Å². The van der Waals surface area contributed by atoms with Gasteiger partial charge in [-0.2, -0.15) is 5.10 Å². The van der Waals surface area contributed by atoms with Gasteiger partial charge in [-0.15, -0.1) is 0 Å². The van der Waals surface area contributed by atoms with Gasteiger partial charge < -0.3 is 19.9 Å². The van der Waals surface area contributed by atoms with Gasteiger partial charge in [0.1, 0.15) is 22.5 Å². The summed E-state index contributed by atoms with van der Waals surface area (Å²) in [5.41, 5.74) is 3.67. The smallest absolute Gasteiger partial charge is 0.225 e. The first-order valence-corrected chi connectivity index (χ1v) is 13.3. The fourth-order valence-electron chi connectivity index (χ4n) is 4.96. The number of hydrogen-bond acceptors (Lipinski definition) is 9. The van der Waals surface area contributed by atoms with Gasteiger partial charge >= 0.3 is 0 Å². The summed E-state index contributed by atoms with van der Waals surface area (Å²) in [5, 5.41) is 14.2. The number of benzene rings is 2. The number of aromatic nitrogens is 6. The molecular formula is C27H28BrN9O. The molecule has 2 N–H and O–H groups in total. The van der Waals surface area contributed by atoms with Crippen molar-refractivity contribution >= 4 is 55.2 Å². The summed E-state index contributed by atoms with van der Waals surface area (Å²) in [7, 11) is 5.59. The van der Waals surface area contributed by atoms with Gasteiger partial charge in [0.25, 0.3) is 0 Å². The van der Waals surface area contributed by atoms with Crippen LogP contribution in [0.25, 0.3) is 33.1 Å². The molecule has 1 fully saturated rings. The summed E-state index contributed by atoms with van der Waals surface area (Å²) >= 11 is 3.55. The van der Waals surface area contributed by atoms with E-state index in [1.807, 2.05) is 31.1 Å². The van der Waals surface area contributed by atoms with Gasteiger partial charge in [-0.25, -0.2) is 19.9 Å². The van der Waals surface area contributed by atoms with Gasteiger partial charge in [-0.1, -0.05) is 6.07 Å². The van der Waals surface area contributed by atoms with E-state index < -0.39 is 0 Å². The van der Waals surface area contributed by atoms with E-state index in [0.29, 0.717) is 17.6 Å². The predicted octanol–water partition coefficient (Wildman–Crippen LogP) is 4.88. The second-order valence-electron chi connectivity index (χ2n) is 9.59. The van der Waals surface area contributed by atoms with Gasteiger partial charge in [0.2, 0.25) is 5.95 Å². The first-order chi connectivity index (χ1) is 18.5. The zero-order valence-corrected chi connectivity index (χ0v) is 23.0. The molecule has 0 radical (unpaired) electrons. The number of nitrogens with one attached hydrogen (secondary N) is 2. The SMILES string of the molecule is COc1ccc2cc(-c3ccnc(N(C)C)n3)cc(NC3CCN(c4ncnc5n[nH]c(Br)c45)CC3)c2c1. The van der Waals surface area contributed by atoms with Crippen LogP contribution in [0.3, 0.4) is 0 Å². The number of rotatable bonds is 6. The topological polar surface area (TPSA) is 108 Å². The molecular weight excluding hydrogens is 546 g/mol. The van der Waals surface area contributed by atoms with Crippen LogP contribution in [0.1, 0.15) is 12.8 Å². The first kappa shape index (κ1) is 24.4. The third-order valence-electron chi connectivity index (χ3n) is 6.94. The molecule has 1 aliphatic rings. The third-order valence-corrected chi connectivity index (χ3v) is 7.51. The molecule has 0 spiro atoms. The van der Waals surface area contributed by atoms with Gasteiger partial charge in [0.05, 0.1) is 18.2 Å². The molecule has 0 saturated carbocycles. The van der Waals surface area contributed by atoms with Crippen LogP contribution < -0.4 is 19.9 Å². The van der Waals surface area contributed by atoms with Crippen LogP contribution in [0, 0.1) is 0 Å². The third kappa shape index (κ3) is 4.58. The molecule has 1 aliphatic heterocycles. The molecule has 0 bridgehead atoms. The number of aromatic amines is 1. The Bertz CT molecular complexity index is 1610. The highest BCUT2D eigenvalue weighted by Gasteiger charge is 2.24. The molecule has 4 heterocycles. The van der Waals surface area contributed by atoms with Crippen molar-refractivity contribution in [2.24, 2.45) is 0 Å². The fraction of sp³-hybridized carbons (Fsp3) is 0.296. The lowest BCUT2D eigenvalue weighted by atomic mass is 9.99. The molecule has 194 valence electrons. The minimum Gasteiger partial charge on any atom is -0.497 e. The number of anilines is 3. The number of H-pyrrole nitrogens is 1. The summed E-state index contributed by atoms with van der Waals surface area (Å²) < 4.78 is 6.35. The van der Waals surface area contributed by atoms with Gasteiger partial charge in [-0.3, -0.25) is 5.10 Å². The van der Waals surface area contributed by atoms with Crippen LogP contribution in [-0.4, -0.2) is 70.5 Å². The molecule has 38 heavy (non-hydrogen) atoms. The van der Waals surface area contributed by atoms with E-state index in [-0.39, 0.29) is 0 Å². The number of ether oxygens (including phenoxy) is 1. The van der Waals surface area contributed by atoms with Gasteiger partial charge in [-0.05, 0) is 64.5 Å².